The van der Waals surface area contributed by atoms with Crippen molar-refractivity contribution >= 4 is 21.9 Å². The Morgan fingerprint density at radius 1 is 1.60 bits per heavy atom. The summed E-state index contributed by atoms with van der Waals surface area (Å²) in [5.41, 5.74) is 0.710. The van der Waals surface area contributed by atoms with E-state index in [-0.39, 0.29) is 6.42 Å². The maximum atomic E-state index is 13.3. The van der Waals surface area contributed by atoms with Gasteiger partial charge in [-0.2, -0.15) is 0 Å². The summed E-state index contributed by atoms with van der Waals surface area (Å²) in [7, 11) is 0. The molecule has 0 fully saturated rings. The second kappa shape index (κ2) is 5.26. The SMILES string of the molecule is CC(F)C(CC(=O)O)c1cccc(Br)c1. The van der Waals surface area contributed by atoms with E-state index in [9.17, 15) is 9.18 Å². The van der Waals surface area contributed by atoms with Crippen LogP contribution in [-0.4, -0.2) is 17.2 Å². The second-order valence-corrected chi connectivity index (χ2v) is 4.35. The first-order valence-corrected chi connectivity index (χ1v) is 5.41. The summed E-state index contributed by atoms with van der Waals surface area (Å²) in [4.78, 5) is 10.6. The molecular formula is C11H12BrFO2. The molecule has 1 N–H and O–H groups in total. The predicted octanol–water partition coefficient (Wildman–Crippen LogP) is 3.37. The summed E-state index contributed by atoms with van der Waals surface area (Å²) in [5.74, 6) is -1.57. The standard InChI is InChI=1S/C11H12BrFO2/c1-7(13)10(6-11(14)15)8-3-2-4-9(12)5-8/h2-5,7,10H,6H2,1H3,(H,14,15). The van der Waals surface area contributed by atoms with Gasteiger partial charge in [-0.05, 0) is 24.6 Å². The van der Waals surface area contributed by atoms with Crippen LogP contribution in [0.1, 0.15) is 24.8 Å². The third kappa shape index (κ3) is 3.63. The molecule has 0 amide bonds. The van der Waals surface area contributed by atoms with E-state index in [4.69, 9.17) is 5.11 Å². The number of carbonyl (C=O) groups is 1. The zero-order valence-electron chi connectivity index (χ0n) is 8.28. The zero-order valence-corrected chi connectivity index (χ0v) is 9.87. The van der Waals surface area contributed by atoms with Crippen LogP contribution in [0.2, 0.25) is 0 Å². The second-order valence-electron chi connectivity index (χ2n) is 3.44. The van der Waals surface area contributed by atoms with E-state index in [0.717, 1.165) is 4.47 Å². The Morgan fingerprint density at radius 2 is 2.27 bits per heavy atom. The highest BCUT2D eigenvalue weighted by atomic mass is 79.9. The number of carboxylic acids is 1. The van der Waals surface area contributed by atoms with Crippen molar-refractivity contribution in [1.82, 2.24) is 0 Å². The molecule has 0 aliphatic carbocycles. The molecule has 0 aliphatic heterocycles. The molecule has 1 rings (SSSR count). The lowest BCUT2D eigenvalue weighted by molar-refractivity contribution is -0.137. The van der Waals surface area contributed by atoms with Gasteiger partial charge in [0.05, 0.1) is 6.42 Å². The minimum atomic E-state index is -1.17. The fraction of sp³-hybridized carbons (Fsp3) is 0.364. The van der Waals surface area contributed by atoms with Crippen molar-refractivity contribution in [3.63, 3.8) is 0 Å². The molecule has 82 valence electrons. The normalized spacial score (nSPS) is 14.6. The van der Waals surface area contributed by atoms with E-state index in [1.807, 2.05) is 6.07 Å². The van der Waals surface area contributed by atoms with Gasteiger partial charge in [0.1, 0.15) is 6.17 Å². The molecule has 0 saturated carbocycles. The molecule has 0 bridgehead atoms. The van der Waals surface area contributed by atoms with Gasteiger partial charge in [0, 0.05) is 10.4 Å². The highest BCUT2D eigenvalue weighted by Gasteiger charge is 2.21. The first kappa shape index (κ1) is 12.2. The lowest BCUT2D eigenvalue weighted by Crippen LogP contribution is -2.15. The molecule has 0 spiro atoms. The van der Waals surface area contributed by atoms with E-state index in [2.05, 4.69) is 15.9 Å². The van der Waals surface area contributed by atoms with Gasteiger partial charge in [-0.3, -0.25) is 4.79 Å². The number of benzene rings is 1. The Bertz CT molecular complexity index is 352. The lowest BCUT2D eigenvalue weighted by Gasteiger charge is -2.16. The average Bonchev–Trinajstić information content (AvgIpc) is 2.13. The van der Waals surface area contributed by atoms with Crippen LogP contribution in [0.4, 0.5) is 4.39 Å². The van der Waals surface area contributed by atoms with Crippen molar-refractivity contribution in [2.24, 2.45) is 0 Å². The Balaban J connectivity index is 2.93. The van der Waals surface area contributed by atoms with Gasteiger partial charge in [-0.1, -0.05) is 28.1 Å². The van der Waals surface area contributed by atoms with Crippen molar-refractivity contribution in [2.45, 2.75) is 25.4 Å². The van der Waals surface area contributed by atoms with Gasteiger partial charge < -0.3 is 5.11 Å². The fourth-order valence-electron chi connectivity index (χ4n) is 1.47. The van der Waals surface area contributed by atoms with Crippen molar-refractivity contribution in [3.05, 3.63) is 34.3 Å². The van der Waals surface area contributed by atoms with Gasteiger partial charge in [0.2, 0.25) is 0 Å². The zero-order chi connectivity index (χ0) is 11.4. The smallest absolute Gasteiger partial charge is 0.304 e. The fourth-order valence-corrected chi connectivity index (χ4v) is 1.89. The topological polar surface area (TPSA) is 37.3 Å². The first-order chi connectivity index (χ1) is 7.00. The largest absolute Gasteiger partial charge is 0.481 e. The third-order valence-electron chi connectivity index (χ3n) is 2.23. The molecular weight excluding hydrogens is 263 g/mol. The molecule has 4 heteroatoms. The highest BCUT2D eigenvalue weighted by molar-refractivity contribution is 9.10. The molecule has 0 aromatic heterocycles. The summed E-state index contributed by atoms with van der Waals surface area (Å²) in [6, 6.07) is 7.10. The molecule has 15 heavy (non-hydrogen) atoms. The quantitative estimate of drug-likeness (QED) is 0.914. The van der Waals surface area contributed by atoms with Crippen LogP contribution < -0.4 is 0 Å². The summed E-state index contributed by atoms with van der Waals surface area (Å²) < 4.78 is 14.1. The van der Waals surface area contributed by atoms with Gasteiger partial charge in [0.25, 0.3) is 0 Å². The van der Waals surface area contributed by atoms with E-state index in [0.29, 0.717) is 5.56 Å². The van der Waals surface area contributed by atoms with Crippen molar-refractivity contribution < 1.29 is 14.3 Å². The van der Waals surface area contributed by atoms with Crippen LogP contribution in [0.5, 0.6) is 0 Å². The van der Waals surface area contributed by atoms with Gasteiger partial charge in [-0.25, -0.2) is 4.39 Å². The average molecular weight is 275 g/mol. The Hall–Kier alpha value is -0.900. The van der Waals surface area contributed by atoms with Crippen LogP contribution >= 0.6 is 15.9 Å². The molecule has 0 aliphatic rings. The van der Waals surface area contributed by atoms with Gasteiger partial charge in [-0.15, -0.1) is 0 Å². The Labute approximate surface area is 96.2 Å². The van der Waals surface area contributed by atoms with Crippen molar-refractivity contribution in [2.75, 3.05) is 0 Å². The summed E-state index contributed by atoms with van der Waals surface area (Å²) in [5, 5.41) is 8.69. The number of halogens is 2. The van der Waals surface area contributed by atoms with Gasteiger partial charge in [0.15, 0.2) is 0 Å². The molecule has 0 saturated heterocycles. The summed E-state index contributed by atoms with van der Waals surface area (Å²) >= 11 is 3.28. The van der Waals surface area contributed by atoms with Crippen LogP contribution in [0.15, 0.2) is 28.7 Å². The maximum Gasteiger partial charge on any atom is 0.304 e. The van der Waals surface area contributed by atoms with Crippen LogP contribution in [0.3, 0.4) is 0 Å². The van der Waals surface area contributed by atoms with Gasteiger partial charge >= 0.3 is 5.97 Å². The highest BCUT2D eigenvalue weighted by Crippen LogP contribution is 2.27. The van der Waals surface area contributed by atoms with E-state index in [1.165, 1.54) is 6.92 Å². The van der Waals surface area contributed by atoms with Crippen molar-refractivity contribution in [3.8, 4) is 0 Å². The minimum Gasteiger partial charge on any atom is -0.481 e. The number of aliphatic carboxylic acids is 1. The number of alkyl halides is 1. The first-order valence-electron chi connectivity index (χ1n) is 4.62. The third-order valence-corrected chi connectivity index (χ3v) is 2.72. The van der Waals surface area contributed by atoms with Crippen LogP contribution in [-0.2, 0) is 4.79 Å². The number of hydrogen-bond acceptors (Lipinski definition) is 1. The number of hydrogen-bond donors (Lipinski definition) is 1. The lowest BCUT2D eigenvalue weighted by atomic mass is 9.92. The predicted molar refractivity (Wildman–Crippen MR) is 59.7 cm³/mol. The monoisotopic (exact) mass is 274 g/mol. The molecule has 2 unspecified atom stereocenters. The Kier molecular flexibility index (Phi) is 4.27. The molecule has 0 heterocycles. The number of rotatable bonds is 4. The van der Waals surface area contributed by atoms with E-state index in [1.54, 1.807) is 18.2 Å². The van der Waals surface area contributed by atoms with E-state index < -0.39 is 18.1 Å². The van der Waals surface area contributed by atoms with Crippen molar-refractivity contribution in [1.29, 1.82) is 0 Å². The number of carboxylic acid groups (broad SMARTS) is 1. The summed E-state index contributed by atoms with van der Waals surface area (Å²) in [6.45, 7) is 1.38. The summed E-state index contributed by atoms with van der Waals surface area (Å²) in [6.07, 6.45) is -1.36. The molecule has 2 atom stereocenters. The van der Waals surface area contributed by atoms with Crippen LogP contribution in [0.25, 0.3) is 0 Å². The molecule has 2 nitrogen and oxygen atoms in total. The molecule has 1 aromatic rings. The minimum absolute atomic E-state index is 0.186. The van der Waals surface area contributed by atoms with Crippen LogP contribution in [0, 0.1) is 0 Å². The Morgan fingerprint density at radius 3 is 2.73 bits per heavy atom. The molecule has 1 aromatic carbocycles. The molecule has 0 radical (unpaired) electrons. The maximum absolute atomic E-state index is 13.3. The van der Waals surface area contributed by atoms with E-state index >= 15 is 0 Å².